The number of nitrogens with one attached hydrogen (secondary N) is 1. The van der Waals surface area contributed by atoms with Crippen molar-refractivity contribution in [3.05, 3.63) is 52.7 Å². The molecule has 0 aliphatic carbocycles. The first kappa shape index (κ1) is 14.8. The van der Waals surface area contributed by atoms with Crippen molar-refractivity contribution in [1.82, 2.24) is 10.3 Å². The van der Waals surface area contributed by atoms with Gasteiger partial charge in [-0.3, -0.25) is 0 Å². The smallest absolute Gasteiger partial charge is 0.219 e. The SMILES string of the molecule is CCCNCc1cccc(Oc2cc(Cl)ccc2C)n1. The molecule has 0 aliphatic rings. The molecule has 2 aromatic rings. The van der Waals surface area contributed by atoms with Crippen LogP contribution in [0.4, 0.5) is 0 Å². The molecule has 1 aromatic carbocycles. The monoisotopic (exact) mass is 290 g/mol. The zero-order chi connectivity index (χ0) is 14.4. The molecule has 106 valence electrons. The third-order valence-electron chi connectivity index (χ3n) is 2.88. The molecule has 2 rings (SSSR count). The maximum atomic E-state index is 5.99. The van der Waals surface area contributed by atoms with Crippen LogP contribution in [0.15, 0.2) is 36.4 Å². The van der Waals surface area contributed by atoms with E-state index < -0.39 is 0 Å². The third kappa shape index (κ3) is 4.22. The highest BCUT2D eigenvalue weighted by atomic mass is 35.5. The van der Waals surface area contributed by atoms with Crippen molar-refractivity contribution in [2.45, 2.75) is 26.8 Å². The minimum atomic E-state index is 0.589. The molecule has 3 nitrogen and oxygen atoms in total. The first-order valence-electron chi connectivity index (χ1n) is 6.79. The van der Waals surface area contributed by atoms with Crippen LogP contribution in [0.3, 0.4) is 0 Å². The molecule has 0 atom stereocenters. The maximum Gasteiger partial charge on any atom is 0.219 e. The maximum absolute atomic E-state index is 5.99. The van der Waals surface area contributed by atoms with Gasteiger partial charge < -0.3 is 10.1 Å². The molecule has 20 heavy (non-hydrogen) atoms. The van der Waals surface area contributed by atoms with Gasteiger partial charge in [0, 0.05) is 17.6 Å². The second-order valence-corrected chi connectivity index (χ2v) is 5.09. The molecule has 1 heterocycles. The van der Waals surface area contributed by atoms with E-state index in [4.69, 9.17) is 16.3 Å². The number of hydrogen-bond donors (Lipinski definition) is 1. The van der Waals surface area contributed by atoms with E-state index >= 15 is 0 Å². The Labute approximate surface area is 124 Å². The van der Waals surface area contributed by atoms with E-state index in [1.807, 2.05) is 37.3 Å². The molecule has 0 amide bonds. The van der Waals surface area contributed by atoms with E-state index in [9.17, 15) is 0 Å². The Kier molecular flexibility index (Phi) is 5.39. The number of nitrogens with zero attached hydrogens (tertiary/aromatic N) is 1. The molecule has 1 N–H and O–H groups in total. The van der Waals surface area contributed by atoms with Gasteiger partial charge in [-0.2, -0.15) is 0 Å². The van der Waals surface area contributed by atoms with E-state index in [2.05, 4.69) is 17.2 Å². The van der Waals surface area contributed by atoms with E-state index in [0.717, 1.165) is 36.5 Å². The normalized spacial score (nSPS) is 10.6. The third-order valence-corrected chi connectivity index (χ3v) is 3.11. The molecule has 0 spiro atoms. The van der Waals surface area contributed by atoms with Crippen molar-refractivity contribution < 1.29 is 4.74 Å². The summed E-state index contributed by atoms with van der Waals surface area (Å²) in [6.45, 7) is 5.86. The quantitative estimate of drug-likeness (QED) is 0.804. The van der Waals surface area contributed by atoms with Crippen molar-refractivity contribution >= 4 is 11.6 Å². The van der Waals surface area contributed by atoms with Gasteiger partial charge in [-0.05, 0) is 43.7 Å². The van der Waals surface area contributed by atoms with Crippen LogP contribution in [0.25, 0.3) is 0 Å². The Morgan fingerprint density at radius 2 is 2.10 bits per heavy atom. The first-order valence-corrected chi connectivity index (χ1v) is 7.17. The second-order valence-electron chi connectivity index (χ2n) is 4.66. The fourth-order valence-corrected chi connectivity index (χ4v) is 1.96. The summed E-state index contributed by atoms with van der Waals surface area (Å²) < 4.78 is 5.81. The lowest BCUT2D eigenvalue weighted by atomic mass is 10.2. The van der Waals surface area contributed by atoms with Crippen LogP contribution in [-0.2, 0) is 6.54 Å². The summed E-state index contributed by atoms with van der Waals surface area (Å²) in [6.07, 6.45) is 1.11. The summed E-state index contributed by atoms with van der Waals surface area (Å²) in [5.41, 5.74) is 2.00. The van der Waals surface area contributed by atoms with E-state index in [0.29, 0.717) is 10.9 Å². The Morgan fingerprint density at radius 1 is 1.25 bits per heavy atom. The van der Waals surface area contributed by atoms with Crippen LogP contribution in [-0.4, -0.2) is 11.5 Å². The zero-order valence-electron chi connectivity index (χ0n) is 11.8. The van der Waals surface area contributed by atoms with Crippen molar-refractivity contribution in [3.63, 3.8) is 0 Å². The molecule has 1 aromatic heterocycles. The van der Waals surface area contributed by atoms with Crippen LogP contribution >= 0.6 is 11.6 Å². The highest BCUT2D eigenvalue weighted by Crippen LogP contribution is 2.26. The van der Waals surface area contributed by atoms with E-state index in [1.165, 1.54) is 0 Å². The minimum Gasteiger partial charge on any atom is -0.439 e. The van der Waals surface area contributed by atoms with Crippen molar-refractivity contribution in [2.24, 2.45) is 0 Å². The average Bonchev–Trinajstić information content (AvgIpc) is 2.44. The molecular formula is C16H19ClN2O. The highest BCUT2D eigenvalue weighted by molar-refractivity contribution is 6.30. The first-order chi connectivity index (χ1) is 9.69. The van der Waals surface area contributed by atoms with Crippen LogP contribution in [0, 0.1) is 6.92 Å². The molecule has 0 radical (unpaired) electrons. The fourth-order valence-electron chi connectivity index (χ4n) is 1.80. The standard InChI is InChI=1S/C16H19ClN2O/c1-3-9-18-11-14-5-4-6-16(19-14)20-15-10-13(17)8-7-12(15)2/h4-8,10,18H,3,9,11H2,1-2H3. The summed E-state index contributed by atoms with van der Waals surface area (Å²) in [5.74, 6) is 1.33. The molecule has 0 bridgehead atoms. The van der Waals surface area contributed by atoms with Gasteiger partial charge in [0.25, 0.3) is 0 Å². The van der Waals surface area contributed by atoms with Crippen LogP contribution in [0.1, 0.15) is 24.6 Å². The number of aromatic nitrogens is 1. The van der Waals surface area contributed by atoms with Gasteiger partial charge in [0.2, 0.25) is 5.88 Å². The molecule has 0 saturated heterocycles. The van der Waals surface area contributed by atoms with E-state index in [-0.39, 0.29) is 0 Å². The number of rotatable bonds is 6. The number of benzene rings is 1. The van der Waals surface area contributed by atoms with Gasteiger partial charge >= 0.3 is 0 Å². The summed E-state index contributed by atoms with van der Waals surface area (Å²) in [7, 11) is 0. The highest BCUT2D eigenvalue weighted by Gasteiger charge is 2.04. The van der Waals surface area contributed by atoms with Gasteiger partial charge in [0.15, 0.2) is 0 Å². The largest absolute Gasteiger partial charge is 0.439 e. The Hall–Kier alpha value is -1.58. The van der Waals surface area contributed by atoms with Gasteiger partial charge in [-0.25, -0.2) is 4.98 Å². The number of halogens is 1. The van der Waals surface area contributed by atoms with Gasteiger partial charge in [-0.1, -0.05) is 30.7 Å². The van der Waals surface area contributed by atoms with Crippen LogP contribution in [0.5, 0.6) is 11.6 Å². The molecule has 4 heteroatoms. The predicted molar refractivity (Wildman–Crippen MR) is 82.5 cm³/mol. The fraction of sp³-hybridized carbons (Fsp3) is 0.312. The summed E-state index contributed by atoms with van der Waals surface area (Å²) in [4.78, 5) is 4.48. The van der Waals surface area contributed by atoms with Crippen LogP contribution in [0.2, 0.25) is 5.02 Å². The van der Waals surface area contributed by atoms with Gasteiger partial charge in [0.1, 0.15) is 5.75 Å². The van der Waals surface area contributed by atoms with Crippen molar-refractivity contribution in [1.29, 1.82) is 0 Å². The molecular weight excluding hydrogens is 272 g/mol. The van der Waals surface area contributed by atoms with Crippen molar-refractivity contribution in [3.8, 4) is 11.6 Å². The predicted octanol–water partition coefficient (Wildman–Crippen LogP) is 4.34. The minimum absolute atomic E-state index is 0.589. The number of ether oxygens (including phenoxy) is 1. The van der Waals surface area contributed by atoms with Gasteiger partial charge in [-0.15, -0.1) is 0 Å². The van der Waals surface area contributed by atoms with Crippen LogP contribution < -0.4 is 10.1 Å². The number of hydrogen-bond acceptors (Lipinski definition) is 3. The Morgan fingerprint density at radius 3 is 2.90 bits per heavy atom. The van der Waals surface area contributed by atoms with Gasteiger partial charge in [0.05, 0.1) is 5.69 Å². The molecule has 0 aliphatic heterocycles. The molecule has 0 unspecified atom stereocenters. The summed E-state index contributed by atoms with van der Waals surface area (Å²) >= 11 is 5.99. The Bertz CT molecular complexity index is 572. The molecule has 0 fully saturated rings. The van der Waals surface area contributed by atoms with E-state index in [1.54, 1.807) is 6.07 Å². The topological polar surface area (TPSA) is 34.1 Å². The Balaban J connectivity index is 2.09. The summed E-state index contributed by atoms with van der Waals surface area (Å²) in [5, 5.41) is 3.98. The molecule has 0 saturated carbocycles. The average molecular weight is 291 g/mol. The second kappa shape index (κ2) is 7.27. The lowest BCUT2D eigenvalue weighted by Gasteiger charge is -2.09. The number of aryl methyl sites for hydroxylation is 1. The summed E-state index contributed by atoms with van der Waals surface area (Å²) in [6, 6.07) is 11.4. The number of pyridine rings is 1. The lowest BCUT2D eigenvalue weighted by Crippen LogP contribution is -2.14. The lowest BCUT2D eigenvalue weighted by molar-refractivity contribution is 0.456. The zero-order valence-corrected chi connectivity index (χ0v) is 12.6. The van der Waals surface area contributed by atoms with Crippen molar-refractivity contribution in [2.75, 3.05) is 6.54 Å².